The van der Waals surface area contributed by atoms with Crippen LogP contribution in [-0.2, 0) is 0 Å². The molecular formula is C19H21NO4. The van der Waals surface area contributed by atoms with Gasteiger partial charge >= 0.3 is 5.97 Å². The molecule has 2 aromatic rings. The molecule has 0 spiro atoms. The Morgan fingerprint density at radius 1 is 1.04 bits per heavy atom. The number of nitrogens with one attached hydrogen (secondary N) is 1. The Labute approximate surface area is 141 Å². The van der Waals surface area contributed by atoms with E-state index in [0.717, 1.165) is 19.3 Å². The van der Waals surface area contributed by atoms with E-state index in [1.54, 1.807) is 30.3 Å². The van der Waals surface area contributed by atoms with Gasteiger partial charge in [-0.2, -0.15) is 0 Å². The van der Waals surface area contributed by atoms with E-state index in [2.05, 4.69) is 12.2 Å². The Bertz CT molecular complexity index is 695. The van der Waals surface area contributed by atoms with E-state index in [1.165, 1.54) is 12.1 Å². The molecule has 0 bridgehead atoms. The van der Waals surface area contributed by atoms with E-state index >= 15 is 0 Å². The number of unbranched alkanes of at least 4 members (excludes halogenated alkanes) is 2. The van der Waals surface area contributed by atoms with Crippen LogP contribution in [0.25, 0.3) is 0 Å². The van der Waals surface area contributed by atoms with Crippen LogP contribution in [0, 0.1) is 0 Å². The molecule has 2 N–H and O–H groups in total. The first kappa shape index (κ1) is 17.5. The molecule has 126 valence electrons. The van der Waals surface area contributed by atoms with Crippen LogP contribution in [0.15, 0.2) is 48.5 Å². The van der Waals surface area contributed by atoms with Crippen molar-refractivity contribution < 1.29 is 19.4 Å². The van der Waals surface area contributed by atoms with Gasteiger partial charge in [-0.05, 0) is 42.8 Å². The number of carbonyl (C=O) groups excluding carboxylic acids is 1. The van der Waals surface area contributed by atoms with E-state index in [-0.39, 0.29) is 11.5 Å². The summed E-state index contributed by atoms with van der Waals surface area (Å²) in [4.78, 5) is 23.3. The zero-order valence-corrected chi connectivity index (χ0v) is 13.6. The van der Waals surface area contributed by atoms with Crippen LogP contribution >= 0.6 is 0 Å². The van der Waals surface area contributed by atoms with Gasteiger partial charge in [-0.3, -0.25) is 4.79 Å². The number of aromatic carboxylic acids is 1. The van der Waals surface area contributed by atoms with Crippen LogP contribution in [0.2, 0.25) is 0 Å². The van der Waals surface area contributed by atoms with Gasteiger partial charge in [0.2, 0.25) is 0 Å². The van der Waals surface area contributed by atoms with E-state index in [4.69, 9.17) is 9.84 Å². The third kappa shape index (κ3) is 4.84. The van der Waals surface area contributed by atoms with Crippen LogP contribution in [0.5, 0.6) is 5.75 Å². The molecule has 0 fully saturated rings. The molecule has 0 saturated heterocycles. The summed E-state index contributed by atoms with van der Waals surface area (Å²) in [7, 11) is 0. The number of para-hydroxylation sites is 1. The number of amides is 1. The lowest BCUT2D eigenvalue weighted by molar-refractivity contribution is 0.0696. The van der Waals surface area contributed by atoms with E-state index in [0.29, 0.717) is 23.6 Å². The summed E-state index contributed by atoms with van der Waals surface area (Å²) < 4.78 is 5.71. The molecule has 24 heavy (non-hydrogen) atoms. The van der Waals surface area contributed by atoms with Crippen LogP contribution in [0.1, 0.15) is 46.9 Å². The van der Waals surface area contributed by atoms with Crippen LogP contribution in [0.4, 0.5) is 5.69 Å². The number of hydrogen-bond acceptors (Lipinski definition) is 3. The second-order valence-corrected chi connectivity index (χ2v) is 5.39. The minimum Gasteiger partial charge on any atom is -0.493 e. The molecule has 0 unspecified atom stereocenters. The summed E-state index contributed by atoms with van der Waals surface area (Å²) in [5.74, 6) is -0.740. The standard InChI is InChI=1S/C19H21NO4/c1-2-3-6-13-24-17-8-5-4-7-16(17)18(21)20-15-11-9-14(10-12-15)19(22)23/h4-5,7-12H,2-3,6,13H2,1H3,(H,20,21)(H,22,23). The van der Waals surface area contributed by atoms with Gasteiger partial charge in [-0.15, -0.1) is 0 Å². The van der Waals surface area contributed by atoms with Crippen LogP contribution in [-0.4, -0.2) is 23.6 Å². The number of benzene rings is 2. The summed E-state index contributed by atoms with van der Waals surface area (Å²) in [5.41, 5.74) is 1.16. The fraction of sp³-hybridized carbons (Fsp3) is 0.263. The van der Waals surface area contributed by atoms with Crippen LogP contribution < -0.4 is 10.1 Å². The zero-order valence-electron chi connectivity index (χ0n) is 13.6. The first-order chi connectivity index (χ1) is 11.6. The predicted octanol–water partition coefficient (Wildman–Crippen LogP) is 4.21. The number of ether oxygens (including phenoxy) is 1. The maximum atomic E-state index is 12.4. The van der Waals surface area contributed by atoms with Gasteiger partial charge in [-0.1, -0.05) is 31.9 Å². The highest BCUT2D eigenvalue weighted by Crippen LogP contribution is 2.20. The van der Waals surface area contributed by atoms with E-state index in [9.17, 15) is 9.59 Å². The third-order valence-electron chi connectivity index (χ3n) is 3.53. The number of anilines is 1. The lowest BCUT2D eigenvalue weighted by Crippen LogP contribution is -2.14. The normalized spacial score (nSPS) is 10.2. The van der Waals surface area contributed by atoms with Crippen molar-refractivity contribution in [3.05, 3.63) is 59.7 Å². The zero-order chi connectivity index (χ0) is 17.4. The van der Waals surface area contributed by atoms with Crippen molar-refractivity contribution in [1.82, 2.24) is 0 Å². The van der Waals surface area contributed by atoms with Gasteiger partial charge in [0.15, 0.2) is 0 Å². The molecule has 0 saturated carbocycles. The van der Waals surface area contributed by atoms with Gasteiger partial charge in [-0.25, -0.2) is 4.79 Å². The van der Waals surface area contributed by atoms with Gasteiger partial charge in [0, 0.05) is 5.69 Å². The van der Waals surface area contributed by atoms with Crippen molar-refractivity contribution in [2.75, 3.05) is 11.9 Å². The highest BCUT2D eigenvalue weighted by molar-refractivity contribution is 6.06. The van der Waals surface area contributed by atoms with Crippen molar-refractivity contribution in [1.29, 1.82) is 0 Å². The molecule has 5 heteroatoms. The van der Waals surface area contributed by atoms with Gasteiger partial charge < -0.3 is 15.2 Å². The highest BCUT2D eigenvalue weighted by Gasteiger charge is 2.12. The number of carboxylic acids is 1. The highest BCUT2D eigenvalue weighted by atomic mass is 16.5. The van der Waals surface area contributed by atoms with Crippen molar-refractivity contribution in [3.63, 3.8) is 0 Å². The Hall–Kier alpha value is -2.82. The molecule has 2 rings (SSSR count). The summed E-state index contributed by atoms with van der Waals surface area (Å²) >= 11 is 0. The largest absolute Gasteiger partial charge is 0.493 e. The quantitative estimate of drug-likeness (QED) is 0.712. The first-order valence-electron chi connectivity index (χ1n) is 7.98. The number of carboxylic acid groups (broad SMARTS) is 1. The predicted molar refractivity (Wildman–Crippen MR) is 92.8 cm³/mol. The minimum absolute atomic E-state index is 0.174. The fourth-order valence-corrected chi connectivity index (χ4v) is 2.21. The second kappa shape index (κ2) is 8.72. The SMILES string of the molecule is CCCCCOc1ccccc1C(=O)Nc1ccc(C(=O)O)cc1. The molecule has 2 aromatic carbocycles. The van der Waals surface area contributed by atoms with Gasteiger partial charge in [0.25, 0.3) is 5.91 Å². The first-order valence-corrected chi connectivity index (χ1v) is 7.98. The van der Waals surface area contributed by atoms with Crippen molar-refractivity contribution in [2.45, 2.75) is 26.2 Å². The molecule has 1 amide bonds. The molecular weight excluding hydrogens is 306 g/mol. The summed E-state index contributed by atoms with van der Waals surface area (Å²) in [6.07, 6.45) is 3.14. The lowest BCUT2D eigenvalue weighted by Gasteiger charge is -2.11. The van der Waals surface area contributed by atoms with Crippen LogP contribution in [0.3, 0.4) is 0 Å². The molecule has 0 heterocycles. The Kier molecular flexibility index (Phi) is 6.37. The number of rotatable bonds is 8. The fourth-order valence-electron chi connectivity index (χ4n) is 2.21. The summed E-state index contributed by atoms with van der Waals surface area (Å²) in [6.45, 7) is 2.70. The average Bonchev–Trinajstić information content (AvgIpc) is 2.59. The molecule has 0 radical (unpaired) electrons. The molecule has 0 aliphatic rings. The monoisotopic (exact) mass is 327 g/mol. The Balaban J connectivity index is 2.05. The van der Waals surface area contributed by atoms with Gasteiger partial charge in [0.1, 0.15) is 5.75 Å². The molecule has 0 aliphatic carbocycles. The minimum atomic E-state index is -1.00. The van der Waals surface area contributed by atoms with Crippen molar-refractivity contribution >= 4 is 17.6 Å². The smallest absolute Gasteiger partial charge is 0.335 e. The second-order valence-electron chi connectivity index (χ2n) is 5.39. The van der Waals surface area contributed by atoms with Crippen molar-refractivity contribution in [3.8, 4) is 5.75 Å². The van der Waals surface area contributed by atoms with Gasteiger partial charge in [0.05, 0.1) is 17.7 Å². The Morgan fingerprint density at radius 2 is 1.75 bits per heavy atom. The third-order valence-corrected chi connectivity index (χ3v) is 3.53. The maximum absolute atomic E-state index is 12.4. The molecule has 0 atom stereocenters. The summed E-state index contributed by atoms with van der Waals surface area (Å²) in [6, 6.07) is 13.1. The molecule has 5 nitrogen and oxygen atoms in total. The van der Waals surface area contributed by atoms with Crippen molar-refractivity contribution in [2.24, 2.45) is 0 Å². The van der Waals surface area contributed by atoms with E-state index < -0.39 is 5.97 Å². The lowest BCUT2D eigenvalue weighted by atomic mass is 10.1. The average molecular weight is 327 g/mol. The topological polar surface area (TPSA) is 75.6 Å². The maximum Gasteiger partial charge on any atom is 0.335 e. The molecule has 0 aliphatic heterocycles. The Morgan fingerprint density at radius 3 is 2.42 bits per heavy atom. The molecule has 0 aromatic heterocycles. The summed E-state index contributed by atoms with van der Waals surface area (Å²) in [5, 5.41) is 11.6. The van der Waals surface area contributed by atoms with E-state index in [1.807, 2.05) is 6.07 Å². The number of carbonyl (C=O) groups is 2. The number of hydrogen-bond donors (Lipinski definition) is 2.